The number of benzene rings is 3. The summed E-state index contributed by atoms with van der Waals surface area (Å²) >= 11 is 0. The lowest BCUT2D eigenvalue weighted by molar-refractivity contribution is -0.140. The second kappa shape index (κ2) is 14.1. The van der Waals surface area contributed by atoms with Crippen LogP contribution in [0.2, 0.25) is 0 Å². The van der Waals surface area contributed by atoms with E-state index in [-0.39, 0.29) is 18.5 Å². The number of para-hydroxylation sites is 1. The van der Waals surface area contributed by atoms with Crippen molar-refractivity contribution in [3.8, 4) is 0 Å². The Hall–Kier alpha value is -3.65. The van der Waals surface area contributed by atoms with E-state index in [1.54, 1.807) is 17.0 Å². The summed E-state index contributed by atoms with van der Waals surface area (Å²) in [6, 6.07) is 23.6. The number of rotatable bonds is 13. The second-order valence-electron chi connectivity index (χ2n) is 10.2. The Bertz CT molecular complexity index is 1390. The van der Waals surface area contributed by atoms with Crippen LogP contribution in [0.4, 0.5) is 5.69 Å². The van der Waals surface area contributed by atoms with Crippen molar-refractivity contribution >= 4 is 27.5 Å². The van der Waals surface area contributed by atoms with Gasteiger partial charge in [0.05, 0.1) is 11.9 Å². The van der Waals surface area contributed by atoms with Crippen LogP contribution in [0.25, 0.3) is 0 Å². The molecule has 3 aromatic carbocycles. The molecule has 0 aliphatic rings. The molecule has 0 spiro atoms. The lowest BCUT2D eigenvalue weighted by atomic mass is 10.0. The smallest absolute Gasteiger partial charge is 0.244 e. The van der Waals surface area contributed by atoms with Gasteiger partial charge >= 0.3 is 0 Å². The molecule has 2 amide bonds. The highest BCUT2D eigenvalue weighted by molar-refractivity contribution is 7.92. The van der Waals surface area contributed by atoms with Crippen molar-refractivity contribution in [1.82, 2.24) is 10.2 Å². The fraction of sp³-hybridized carbons (Fsp3) is 0.375. The Balaban J connectivity index is 2.09. The van der Waals surface area contributed by atoms with Crippen LogP contribution >= 0.6 is 0 Å². The van der Waals surface area contributed by atoms with E-state index in [4.69, 9.17) is 0 Å². The fourth-order valence-electron chi connectivity index (χ4n) is 4.61. The van der Waals surface area contributed by atoms with Crippen LogP contribution in [0, 0.1) is 6.92 Å². The normalized spacial score (nSPS) is 12.8. The molecule has 0 aliphatic heterocycles. The molecular formula is C32H41N3O4S. The average molecular weight is 564 g/mol. The highest BCUT2D eigenvalue weighted by Crippen LogP contribution is 2.25. The molecular weight excluding hydrogens is 522 g/mol. The number of sulfonamides is 1. The lowest BCUT2D eigenvalue weighted by Gasteiger charge is -2.34. The number of aryl methyl sites for hydroxylation is 2. The maximum Gasteiger partial charge on any atom is 0.244 e. The summed E-state index contributed by atoms with van der Waals surface area (Å²) in [6.07, 6.45) is 2.75. The Morgan fingerprint density at radius 3 is 2.08 bits per heavy atom. The predicted molar refractivity (Wildman–Crippen MR) is 162 cm³/mol. The fourth-order valence-corrected chi connectivity index (χ4v) is 5.49. The first-order valence-corrected chi connectivity index (χ1v) is 15.6. The van der Waals surface area contributed by atoms with Gasteiger partial charge in [0.2, 0.25) is 21.8 Å². The van der Waals surface area contributed by atoms with Crippen molar-refractivity contribution in [2.45, 2.75) is 65.6 Å². The number of carbonyl (C=O) groups excluding carboxylic acids is 2. The first-order valence-electron chi connectivity index (χ1n) is 13.8. The zero-order chi connectivity index (χ0) is 29.3. The molecule has 0 fully saturated rings. The summed E-state index contributed by atoms with van der Waals surface area (Å²) in [4.78, 5) is 29.5. The number of anilines is 1. The van der Waals surface area contributed by atoms with Gasteiger partial charge in [-0.3, -0.25) is 13.9 Å². The van der Waals surface area contributed by atoms with Crippen LogP contribution in [0.3, 0.4) is 0 Å². The Morgan fingerprint density at radius 2 is 1.48 bits per heavy atom. The molecule has 1 N–H and O–H groups in total. The van der Waals surface area contributed by atoms with Gasteiger partial charge in [-0.2, -0.15) is 0 Å². The molecule has 7 nitrogen and oxygen atoms in total. The van der Waals surface area contributed by atoms with E-state index in [2.05, 4.69) is 5.32 Å². The van der Waals surface area contributed by atoms with E-state index < -0.39 is 28.5 Å². The third-order valence-corrected chi connectivity index (χ3v) is 8.32. The predicted octanol–water partition coefficient (Wildman–Crippen LogP) is 4.88. The number of hydrogen-bond donors (Lipinski definition) is 1. The summed E-state index contributed by atoms with van der Waals surface area (Å²) in [5.74, 6) is -0.709. The van der Waals surface area contributed by atoms with Crippen molar-refractivity contribution in [2.24, 2.45) is 0 Å². The summed E-state index contributed by atoms with van der Waals surface area (Å²) in [5, 5.41) is 3.05. The monoisotopic (exact) mass is 563 g/mol. The van der Waals surface area contributed by atoms with E-state index >= 15 is 0 Å². The summed E-state index contributed by atoms with van der Waals surface area (Å²) < 4.78 is 27.2. The molecule has 214 valence electrons. The van der Waals surface area contributed by atoms with Crippen LogP contribution < -0.4 is 9.62 Å². The highest BCUT2D eigenvalue weighted by atomic mass is 32.2. The second-order valence-corrected chi connectivity index (χ2v) is 12.1. The quantitative estimate of drug-likeness (QED) is 0.321. The van der Waals surface area contributed by atoms with E-state index in [0.29, 0.717) is 18.5 Å². The minimum atomic E-state index is -3.80. The maximum atomic E-state index is 14.2. The molecule has 2 atom stereocenters. The molecule has 0 heterocycles. The lowest BCUT2D eigenvalue weighted by Crippen LogP contribution is -2.54. The number of nitrogens with one attached hydrogen (secondary N) is 1. The zero-order valence-corrected chi connectivity index (χ0v) is 24.9. The minimum Gasteiger partial charge on any atom is -0.352 e. The molecule has 0 aromatic heterocycles. The molecule has 0 saturated heterocycles. The van der Waals surface area contributed by atoms with Gasteiger partial charge in [-0.15, -0.1) is 0 Å². The molecule has 0 unspecified atom stereocenters. The summed E-state index contributed by atoms with van der Waals surface area (Å²) in [5.41, 5.74) is 4.08. The number of hydrogen-bond acceptors (Lipinski definition) is 4. The van der Waals surface area contributed by atoms with Crippen LogP contribution in [-0.2, 0) is 39.0 Å². The van der Waals surface area contributed by atoms with Gasteiger partial charge in [0.25, 0.3) is 0 Å². The molecule has 3 rings (SSSR count). The molecule has 0 aliphatic carbocycles. The molecule has 3 aromatic rings. The maximum absolute atomic E-state index is 14.2. The Kier molecular flexibility index (Phi) is 10.9. The molecule has 0 radical (unpaired) electrons. The van der Waals surface area contributed by atoms with Gasteiger partial charge < -0.3 is 10.2 Å². The van der Waals surface area contributed by atoms with Gasteiger partial charge in [0, 0.05) is 19.0 Å². The average Bonchev–Trinajstić information content (AvgIpc) is 2.94. The Labute approximate surface area is 239 Å². The van der Waals surface area contributed by atoms with E-state index in [0.717, 1.165) is 39.2 Å². The first-order chi connectivity index (χ1) is 19.0. The van der Waals surface area contributed by atoms with Gasteiger partial charge in [-0.25, -0.2) is 8.42 Å². The van der Waals surface area contributed by atoms with Crippen LogP contribution in [0.15, 0.2) is 78.9 Å². The molecule has 40 heavy (non-hydrogen) atoms. The zero-order valence-electron chi connectivity index (χ0n) is 24.1. The topological polar surface area (TPSA) is 86.8 Å². The summed E-state index contributed by atoms with van der Waals surface area (Å²) in [6.45, 7) is 7.58. The first kappa shape index (κ1) is 30.9. The van der Waals surface area contributed by atoms with Gasteiger partial charge in [-0.1, -0.05) is 86.6 Å². The van der Waals surface area contributed by atoms with Crippen molar-refractivity contribution in [2.75, 3.05) is 17.1 Å². The minimum absolute atomic E-state index is 0.0786. The van der Waals surface area contributed by atoms with Crippen molar-refractivity contribution in [1.29, 1.82) is 0 Å². The standard InChI is InChI=1S/C32H41N3O4S/c1-6-25(4)33-32(37)30(21-26-16-9-8-10-17-26)34(22-28-19-12-11-15-24(28)3)31(36)23-35(40(5,38)39)29-20-14-13-18-27(29)7-2/h8-20,25,30H,6-7,21-23H2,1-5H3,(H,33,37)/t25-,30+/m1/s1. The van der Waals surface area contributed by atoms with Gasteiger partial charge in [0.15, 0.2) is 0 Å². The summed E-state index contributed by atoms with van der Waals surface area (Å²) in [7, 11) is -3.80. The largest absolute Gasteiger partial charge is 0.352 e. The number of amides is 2. The van der Waals surface area contributed by atoms with Crippen molar-refractivity contribution in [3.05, 3.63) is 101 Å². The van der Waals surface area contributed by atoms with Gasteiger partial charge in [-0.05, 0) is 55.0 Å². The highest BCUT2D eigenvalue weighted by Gasteiger charge is 2.34. The van der Waals surface area contributed by atoms with E-state index in [1.165, 1.54) is 0 Å². The van der Waals surface area contributed by atoms with Crippen molar-refractivity contribution in [3.63, 3.8) is 0 Å². The third kappa shape index (κ3) is 8.18. The molecule has 8 heteroatoms. The van der Waals surface area contributed by atoms with Crippen molar-refractivity contribution < 1.29 is 18.0 Å². The van der Waals surface area contributed by atoms with Crippen LogP contribution in [0.1, 0.15) is 49.4 Å². The number of nitrogens with zero attached hydrogens (tertiary/aromatic N) is 2. The molecule has 0 saturated carbocycles. The molecule has 0 bridgehead atoms. The van der Waals surface area contributed by atoms with E-state index in [1.807, 2.05) is 94.4 Å². The Morgan fingerprint density at radius 1 is 0.875 bits per heavy atom. The van der Waals surface area contributed by atoms with E-state index in [9.17, 15) is 18.0 Å². The SMILES string of the molecule is CCc1ccccc1N(CC(=O)N(Cc1ccccc1C)[C@@H](Cc1ccccc1)C(=O)N[C@H](C)CC)S(C)(=O)=O. The van der Waals surface area contributed by atoms with Crippen LogP contribution in [0.5, 0.6) is 0 Å². The van der Waals surface area contributed by atoms with Crippen LogP contribution in [-0.4, -0.2) is 50.0 Å². The van der Waals surface area contributed by atoms with Gasteiger partial charge in [0.1, 0.15) is 12.6 Å². The number of carbonyl (C=O) groups is 2. The third-order valence-electron chi connectivity index (χ3n) is 7.19.